The molecule has 6 nitrogen and oxygen atoms in total. The largest absolute Gasteiger partial charge is 0.493 e. The molecular formula is C19H23N3O3S2. The molecule has 0 aliphatic heterocycles. The van der Waals surface area contributed by atoms with E-state index in [0.29, 0.717) is 12.1 Å². The summed E-state index contributed by atoms with van der Waals surface area (Å²) in [6.07, 6.45) is 0.954. The van der Waals surface area contributed by atoms with E-state index in [4.69, 9.17) is 9.88 Å². The minimum atomic E-state index is -3.74. The van der Waals surface area contributed by atoms with Gasteiger partial charge in [0.2, 0.25) is 10.0 Å². The molecule has 0 aliphatic carbocycles. The Kier molecular flexibility index (Phi) is 6.08. The Balaban J connectivity index is 1.74. The smallest absolute Gasteiger partial charge is 0.238 e. The Morgan fingerprint density at radius 2 is 1.93 bits per heavy atom. The zero-order valence-corrected chi connectivity index (χ0v) is 17.0. The molecule has 27 heavy (non-hydrogen) atoms. The lowest BCUT2D eigenvalue weighted by molar-refractivity contribution is 0.343. The van der Waals surface area contributed by atoms with E-state index in [2.05, 4.69) is 16.5 Å². The molecule has 0 atom stereocenters. The highest BCUT2D eigenvalue weighted by atomic mass is 32.2. The summed E-state index contributed by atoms with van der Waals surface area (Å²) in [5.74, 6) is 1.59. The van der Waals surface area contributed by atoms with Crippen LogP contribution in [0.4, 0.5) is 0 Å². The predicted octanol–water partition coefficient (Wildman–Crippen LogP) is 3.57. The molecule has 0 fully saturated rings. The van der Waals surface area contributed by atoms with E-state index in [1.54, 1.807) is 17.8 Å². The first-order valence-corrected chi connectivity index (χ1v) is 11.3. The van der Waals surface area contributed by atoms with Crippen LogP contribution in [0.5, 0.6) is 5.75 Å². The minimum Gasteiger partial charge on any atom is -0.493 e. The molecule has 0 amide bonds. The van der Waals surface area contributed by atoms with Crippen LogP contribution in [0.1, 0.15) is 18.9 Å². The van der Waals surface area contributed by atoms with Crippen molar-refractivity contribution in [2.75, 3.05) is 12.4 Å². The quantitative estimate of drug-likeness (QED) is 0.457. The van der Waals surface area contributed by atoms with Crippen molar-refractivity contribution in [1.29, 1.82) is 0 Å². The van der Waals surface area contributed by atoms with Gasteiger partial charge in [0.1, 0.15) is 5.75 Å². The molecule has 0 saturated carbocycles. The van der Waals surface area contributed by atoms with Gasteiger partial charge >= 0.3 is 0 Å². The van der Waals surface area contributed by atoms with Crippen molar-refractivity contribution in [3.05, 3.63) is 48.0 Å². The molecule has 0 aliphatic rings. The zero-order valence-electron chi connectivity index (χ0n) is 15.4. The molecule has 2 aromatic carbocycles. The molecule has 3 aromatic rings. The first-order chi connectivity index (χ1) is 12.9. The topological polar surface area (TPSA) is 87.2 Å². The van der Waals surface area contributed by atoms with E-state index >= 15 is 0 Å². The molecule has 1 aromatic heterocycles. The number of imidazole rings is 1. The fraction of sp³-hybridized carbons (Fsp3) is 0.316. The summed E-state index contributed by atoms with van der Waals surface area (Å²) in [7, 11) is -3.74. The molecule has 0 saturated heterocycles. The van der Waals surface area contributed by atoms with E-state index < -0.39 is 10.0 Å². The van der Waals surface area contributed by atoms with Crippen LogP contribution in [0.15, 0.2) is 52.5 Å². The normalized spacial score (nSPS) is 11.8. The van der Waals surface area contributed by atoms with Gasteiger partial charge in [-0.1, -0.05) is 36.4 Å². The number of hydrogen-bond acceptors (Lipinski definition) is 5. The van der Waals surface area contributed by atoms with Gasteiger partial charge in [-0.3, -0.25) is 0 Å². The van der Waals surface area contributed by atoms with E-state index in [-0.39, 0.29) is 4.90 Å². The molecular weight excluding hydrogens is 382 g/mol. The summed E-state index contributed by atoms with van der Waals surface area (Å²) < 4.78 is 31.0. The van der Waals surface area contributed by atoms with E-state index in [9.17, 15) is 8.42 Å². The zero-order chi connectivity index (χ0) is 19.4. The van der Waals surface area contributed by atoms with Gasteiger partial charge in [0.15, 0.2) is 5.16 Å². The summed E-state index contributed by atoms with van der Waals surface area (Å²) in [5.41, 5.74) is 2.74. The number of fused-ring (bicyclic) bond motifs is 1. The Morgan fingerprint density at radius 1 is 1.19 bits per heavy atom. The standard InChI is InChI=1S/C19H23N3O3S2/c1-3-10-22-18-9-8-16(27(20,23)24)13-17(18)21-19(22)26-12-11-25-15-6-4-14(2)5-7-15/h4-9,13H,3,10-12H2,1-2H3,(H2,20,23,24). The fourth-order valence-corrected chi connectivity index (χ4v) is 4.13. The Labute approximate surface area is 163 Å². The molecule has 0 unspecified atom stereocenters. The predicted molar refractivity (Wildman–Crippen MR) is 109 cm³/mol. The summed E-state index contributed by atoms with van der Waals surface area (Å²) in [5, 5.41) is 6.08. The lowest BCUT2D eigenvalue weighted by atomic mass is 10.2. The highest BCUT2D eigenvalue weighted by Crippen LogP contribution is 2.26. The molecule has 0 spiro atoms. The second-order valence-corrected chi connectivity index (χ2v) is 8.88. The molecule has 144 valence electrons. The average Bonchev–Trinajstić information content (AvgIpc) is 2.97. The van der Waals surface area contributed by atoms with Crippen molar-refractivity contribution in [3.63, 3.8) is 0 Å². The lowest BCUT2D eigenvalue weighted by Gasteiger charge is -2.08. The Bertz CT molecular complexity index is 1030. The van der Waals surface area contributed by atoms with Gasteiger partial charge in [-0.15, -0.1) is 0 Å². The summed E-state index contributed by atoms with van der Waals surface area (Å²) >= 11 is 1.59. The van der Waals surface area contributed by atoms with E-state index in [1.807, 2.05) is 31.2 Å². The van der Waals surface area contributed by atoms with Gasteiger partial charge < -0.3 is 9.30 Å². The van der Waals surface area contributed by atoms with Crippen LogP contribution in [0.3, 0.4) is 0 Å². The summed E-state index contributed by atoms with van der Waals surface area (Å²) in [6.45, 7) is 5.51. The number of primary sulfonamides is 1. The molecule has 1 heterocycles. The van der Waals surface area contributed by atoms with Gasteiger partial charge in [-0.25, -0.2) is 18.5 Å². The number of nitrogens with zero attached hydrogens (tertiary/aromatic N) is 2. The SMILES string of the molecule is CCCn1c(SCCOc2ccc(C)cc2)nc2cc(S(N)(=O)=O)ccc21. The van der Waals surface area contributed by atoms with Crippen LogP contribution in [-0.4, -0.2) is 30.3 Å². The number of nitrogens with two attached hydrogens (primary N) is 1. The van der Waals surface area contributed by atoms with Crippen LogP contribution in [-0.2, 0) is 16.6 Å². The number of aryl methyl sites for hydroxylation is 2. The number of benzene rings is 2. The Hall–Kier alpha value is -2.03. The van der Waals surface area contributed by atoms with Crippen LogP contribution >= 0.6 is 11.8 Å². The van der Waals surface area contributed by atoms with Gasteiger partial charge in [0.05, 0.1) is 22.5 Å². The van der Waals surface area contributed by atoms with Crippen molar-refractivity contribution >= 4 is 32.8 Å². The van der Waals surface area contributed by atoms with E-state index in [0.717, 1.165) is 35.1 Å². The van der Waals surface area contributed by atoms with Crippen molar-refractivity contribution < 1.29 is 13.2 Å². The highest BCUT2D eigenvalue weighted by Gasteiger charge is 2.15. The average molecular weight is 406 g/mol. The van der Waals surface area contributed by atoms with Crippen LogP contribution in [0.2, 0.25) is 0 Å². The maximum Gasteiger partial charge on any atom is 0.238 e. The third-order valence-corrected chi connectivity index (χ3v) is 5.92. The minimum absolute atomic E-state index is 0.0791. The van der Waals surface area contributed by atoms with Crippen molar-refractivity contribution in [2.45, 2.75) is 36.9 Å². The first kappa shape index (κ1) is 19.7. The number of aromatic nitrogens is 2. The van der Waals surface area contributed by atoms with Crippen molar-refractivity contribution in [1.82, 2.24) is 9.55 Å². The maximum absolute atomic E-state index is 11.6. The molecule has 2 N–H and O–H groups in total. The monoisotopic (exact) mass is 405 g/mol. The highest BCUT2D eigenvalue weighted by molar-refractivity contribution is 7.99. The molecule has 0 bridgehead atoms. The van der Waals surface area contributed by atoms with Gasteiger partial charge in [0, 0.05) is 12.3 Å². The van der Waals surface area contributed by atoms with Gasteiger partial charge in [0.25, 0.3) is 0 Å². The first-order valence-electron chi connectivity index (χ1n) is 8.74. The number of ether oxygens (including phenoxy) is 1. The second-order valence-electron chi connectivity index (χ2n) is 6.25. The van der Waals surface area contributed by atoms with Gasteiger partial charge in [-0.05, 0) is 43.7 Å². The van der Waals surface area contributed by atoms with Crippen LogP contribution in [0, 0.1) is 6.92 Å². The van der Waals surface area contributed by atoms with Crippen molar-refractivity contribution in [3.8, 4) is 5.75 Å². The molecule has 3 rings (SSSR count). The molecule has 0 radical (unpaired) electrons. The summed E-state index contributed by atoms with van der Waals surface area (Å²) in [4.78, 5) is 4.69. The van der Waals surface area contributed by atoms with Crippen LogP contribution < -0.4 is 9.88 Å². The lowest BCUT2D eigenvalue weighted by Crippen LogP contribution is -2.11. The maximum atomic E-state index is 11.6. The van der Waals surface area contributed by atoms with E-state index in [1.165, 1.54) is 17.7 Å². The third kappa shape index (κ3) is 4.82. The molecule has 8 heteroatoms. The Morgan fingerprint density at radius 3 is 2.59 bits per heavy atom. The number of rotatable bonds is 8. The fourth-order valence-electron chi connectivity index (χ4n) is 2.74. The number of sulfonamides is 1. The van der Waals surface area contributed by atoms with Gasteiger partial charge in [-0.2, -0.15) is 0 Å². The number of hydrogen-bond donors (Lipinski definition) is 1. The number of thioether (sulfide) groups is 1. The van der Waals surface area contributed by atoms with Crippen LogP contribution in [0.25, 0.3) is 11.0 Å². The third-order valence-electron chi connectivity index (χ3n) is 4.06. The van der Waals surface area contributed by atoms with Crippen molar-refractivity contribution in [2.24, 2.45) is 5.14 Å². The second kappa shape index (κ2) is 8.33. The summed E-state index contributed by atoms with van der Waals surface area (Å²) in [6, 6.07) is 12.8.